The molecule has 1 N–H and O–H groups in total. The molecule has 5 rings (SSSR count). The molecule has 1 saturated heterocycles. The highest BCUT2D eigenvalue weighted by Gasteiger charge is 2.19. The van der Waals surface area contributed by atoms with Gasteiger partial charge in [0, 0.05) is 11.1 Å². The molecule has 0 spiro atoms. The predicted molar refractivity (Wildman–Crippen MR) is 120 cm³/mol. The zero-order valence-corrected chi connectivity index (χ0v) is 17.7. The van der Waals surface area contributed by atoms with Crippen molar-refractivity contribution in [3.8, 4) is 34.5 Å². The molecule has 0 saturated carbocycles. The van der Waals surface area contributed by atoms with E-state index in [1.165, 1.54) is 37.8 Å². The molecule has 156 valence electrons. The fourth-order valence-corrected chi connectivity index (χ4v) is 3.49. The predicted octanol–water partition coefficient (Wildman–Crippen LogP) is 4.02. The number of hydrogen-bond acceptors (Lipinski definition) is 6. The first kappa shape index (κ1) is 20.5. The van der Waals surface area contributed by atoms with Gasteiger partial charge in [-0.2, -0.15) is 10.4 Å². The Labute approximate surface area is 181 Å². The van der Waals surface area contributed by atoms with Crippen LogP contribution in [0, 0.1) is 18.3 Å². The van der Waals surface area contributed by atoms with Crippen molar-refractivity contribution < 1.29 is 4.74 Å². The summed E-state index contributed by atoms with van der Waals surface area (Å²) in [5.41, 5.74) is 5.71. The Hall–Kier alpha value is -3.76. The Morgan fingerprint density at radius 1 is 1.00 bits per heavy atom. The van der Waals surface area contributed by atoms with Crippen molar-refractivity contribution in [2.24, 2.45) is 0 Å². The van der Waals surface area contributed by atoms with Gasteiger partial charge in [-0.1, -0.05) is 42.0 Å². The van der Waals surface area contributed by atoms with E-state index >= 15 is 0 Å². The Kier molecular flexibility index (Phi) is 6.20. The van der Waals surface area contributed by atoms with Crippen LogP contribution in [0.3, 0.4) is 0 Å². The zero-order chi connectivity index (χ0) is 21.6. The molecule has 0 aliphatic carbocycles. The van der Waals surface area contributed by atoms with E-state index < -0.39 is 0 Å². The van der Waals surface area contributed by atoms with Crippen LogP contribution in [-0.4, -0.2) is 39.8 Å². The highest BCUT2D eigenvalue weighted by Crippen LogP contribution is 2.34. The van der Waals surface area contributed by atoms with E-state index in [-0.39, 0.29) is 0 Å². The Morgan fingerprint density at radius 3 is 2.26 bits per heavy atom. The van der Waals surface area contributed by atoms with Crippen LogP contribution in [-0.2, 0) is 0 Å². The number of fused-ring (bicyclic) bond motifs is 1. The van der Waals surface area contributed by atoms with Gasteiger partial charge in [0.2, 0.25) is 5.65 Å². The van der Waals surface area contributed by atoms with Gasteiger partial charge in [-0.15, -0.1) is 0 Å². The monoisotopic (exact) mass is 412 g/mol. The van der Waals surface area contributed by atoms with Crippen molar-refractivity contribution in [3.05, 3.63) is 66.0 Å². The number of ether oxygens (including phenoxy) is 1. The van der Waals surface area contributed by atoms with Crippen LogP contribution >= 0.6 is 0 Å². The SMILES string of the molecule is C1CCNC1.COc1nc(-c2ccc(C#N)cc2)c(-c2ccc(C)cc2)n2ncnc12. The normalized spacial score (nSPS) is 12.8. The van der Waals surface area contributed by atoms with E-state index in [4.69, 9.17) is 10.00 Å². The number of methoxy groups -OCH3 is 1. The average Bonchev–Trinajstić information content (AvgIpc) is 3.54. The van der Waals surface area contributed by atoms with Crippen LogP contribution in [0.15, 0.2) is 54.9 Å². The molecule has 31 heavy (non-hydrogen) atoms. The van der Waals surface area contributed by atoms with Crippen molar-refractivity contribution in [2.75, 3.05) is 20.2 Å². The summed E-state index contributed by atoms with van der Waals surface area (Å²) in [6.45, 7) is 4.54. The van der Waals surface area contributed by atoms with Crippen LogP contribution < -0.4 is 10.1 Å². The third-order valence-electron chi connectivity index (χ3n) is 5.15. The van der Waals surface area contributed by atoms with Gasteiger partial charge in [-0.25, -0.2) is 14.5 Å². The van der Waals surface area contributed by atoms with E-state index in [1.807, 2.05) is 43.3 Å². The van der Waals surface area contributed by atoms with Crippen molar-refractivity contribution in [3.63, 3.8) is 0 Å². The number of hydrogen-bond donors (Lipinski definition) is 1. The minimum Gasteiger partial charge on any atom is -0.478 e. The lowest BCUT2D eigenvalue weighted by Crippen LogP contribution is -2.03. The number of aryl methyl sites for hydroxylation is 1. The molecule has 2 aromatic carbocycles. The number of rotatable bonds is 3. The van der Waals surface area contributed by atoms with Gasteiger partial charge in [0.05, 0.1) is 18.7 Å². The summed E-state index contributed by atoms with van der Waals surface area (Å²) in [5, 5.41) is 16.6. The number of aromatic nitrogens is 4. The minimum absolute atomic E-state index is 0.401. The first-order chi connectivity index (χ1) is 15.2. The van der Waals surface area contributed by atoms with E-state index in [2.05, 4.69) is 26.5 Å². The smallest absolute Gasteiger partial charge is 0.260 e. The summed E-state index contributed by atoms with van der Waals surface area (Å²) in [5.74, 6) is 0.401. The molecule has 1 aliphatic heterocycles. The topological polar surface area (TPSA) is 88.1 Å². The molecule has 1 fully saturated rings. The van der Waals surface area contributed by atoms with Gasteiger partial charge in [0.1, 0.15) is 17.7 Å². The quantitative estimate of drug-likeness (QED) is 0.547. The lowest BCUT2D eigenvalue weighted by molar-refractivity contribution is 0.400. The molecule has 0 unspecified atom stereocenters. The number of nitrogens with zero attached hydrogens (tertiary/aromatic N) is 5. The minimum atomic E-state index is 0.401. The summed E-state index contributed by atoms with van der Waals surface area (Å²) in [4.78, 5) is 8.96. The summed E-state index contributed by atoms with van der Waals surface area (Å²) < 4.78 is 7.16. The molecule has 0 atom stereocenters. The van der Waals surface area contributed by atoms with Crippen LogP contribution in [0.1, 0.15) is 24.0 Å². The molecule has 0 bridgehead atoms. The van der Waals surface area contributed by atoms with Gasteiger partial charge in [-0.3, -0.25) is 0 Å². The molecular weight excluding hydrogens is 388 g/mol. The fourth-order valence-electron chi connectivity index (χ4n) is 3.49. The Morgan fingerprint density at radius 2 is 1.68 bits per heavy atom. The van der Waals surface area contributed by atoms with Gasteiger partial charge >= 0.3 is 0 Å². The number of benzene rings is 2. The van der Waals surface area contributed by atoms with Gasteiger partial charge < -0.3 is 10.1 Å². The number of nitriles is 1. The van der Waals surface area contributed by atoms with Crippen molar-refractivity contribution in [1.29, 1.82) is 5.26 Å². The molecule has 7 heteroatoms. The average molecular weight is 412 g/mol. The Bertz CT molecular complexity index is 1190. The van der Waals surface area contributed by atoms with E-state index in [0.717, 1.165) is 16.8 Å². The lowest BCUT2D eigenvalue weighted by atomic mass is 10.0. The maximum atomic E-state index is 9.05. The van der Waals surface area contributed by atoms with E-state index in [0.29, 0.717) is 22.8 Å². The maximum absolute atomic E-state index is 9.05. The molecule has 2 aromatic heterocycles. The van der Waals surface area contributed by atoms with Crippen molar-refractivity contribution >= 4 is 5.65 Å². The molecule has 4 aromatic rings. The first-order valence-corrected chi connectivity index (χ1v) is 10.3. The van der Waals surface area contributed by atoms with Crippen molar-refractivity contribution in [1.82, 2.24) is 24.9 Å². The second-order valence-corrected chi connectivity index (χ2v) is 7.33. The summed E-state index contributed by atoms with van der Waals surface area (Å²) >= 11 is 0. The third-order valence-corrected chi connectivity index (χ3v) is 5.15. The third kappa shape index (κ3) is 4.39. The largest absolute Gasteiger partial charge is 0.478 e. The zero-order valence-electron chi connectivity index (χ0n) is 17.7. The van der Waals surface area contributed by atoms with Crippen LogP contribution in [0.2, 0.25) is 0 Å². The first-order valence-electron chi connectivity index (χ1n) is 10.3. The van der Waals surface area contributed by atoms with Crippen LogP contribution in [0.4, 0.5) is 0 Å². The molecule has 3 heterocycles. The lowest BCUT2D eigenvalue weighted by Gasteiger charge is -2.13. The van der Waals surface area contributed by atoms with E-state index in [1.54, 1.807) is 23.8 Å². The standard InChI is InChI=1S/C20H15N5O.C4H9N/c1-13-3-7-16(8-4-13)18-17(15-9-5-14(11-21)6-10-15)24-20(26-2)19-22-12-23-25(18)19;1-2-4-5-3-1/h3-10,12H,1-2H3;5H,1-4H2. The molecule has 1 aliphatic rings. The second kappa shape index (κ2) is 9.37. The highest BCUT2D eigenvalue weighted by molar-refractivity contribution is 5.81. The second-order valence-electron chi connectivity index (χ2n) is 7.33. The Balaban J connectivity index is 0.000000407. The maximum Gasteiger partial charge on any atom is 0.260 e. The summed E-state index contributed by atoms with van der Waals surface area (Å²) in [6, 6.07) is 17.6. The molecule has 0 radical (unpaired) electrons. The fraction of sp³-hybridized carbons (Fsp3) is 0.250. The van der Waals surface area contributed by atoms with E-state index in [9.17, 15) is 0 Å². The van der Waals surface area contributed by atoms with Gasteiger partial charge in [0.25, 0.3) is 5.88 Å². The molecule has 7 nitrogen and oxygen atoms in total. The molecule has 0 amide bonds. The highest BCUT2D eigenvalue weighted by atomic mass is 16.5. The van der Waals surface area contributed by atoms with Gasteiger partial charge in [-0.05, 0) is 45.0 Å². The summed E-state index contributed by atoms with van der Waals surface area (Å²) in [6.07, 6.45) is 4.26. The summed E-state index contributed by atoms with van der Waals surface area (Å²) in [7, 11) is 1.56. The molecular formula is C24H24N6O. The number of nitrogens with one attached hydrogen (secondary N) is 1. The van der Waals surface area contributed by atoms with Crippen molar-refractivity contribution in [2.45, 2.75) is 19.8 Å². The van der Waals surface area contributed by atoms with Gasteiger partial charge in [0.15, 0.2) is 0 Å². The van der Waals surface area contributed by atoms with Crippen LogP contribution in [0.5, 0.6) is 5.88 Å². The van der Waals surface area contributed by atoms with Crippen LogP contribution in [0.25, 0.3) is 28.2 Å².